The molecule has 136 valence electrons. The van der Waals surface area contributed by atoms with E-state index in [4.69, 9.17) is 33.0 Å². The van der Waals surface area contributed by atoms with Crippen molar-refractivity contribution in [3.63, 3.8) is 0 Å². The number of aromatic carboxylic acids is 1. The molecule has 0 amide bonds. The van der Waals surface area contributed by atoms with Crippen LogP contribution >= 0.6 is 23.2 Å². The number of carboxylic acid groups (broad SMARTS) is 1. The van der Waals surface area contributed by atoms with Crippen molar-refractivity contribution in [2.45, 2.75) is 38.2 Å². The summed E-state index contributed by atoms with van der Waals surface area (Å²) in [5.41, 5.74) is 1.31. The third-order valence-corrected chi connectivity index (χ3v) is 5.03. The van der Waals surface area contributed by atoms with Crippen molar-refractivity contribution in [3.8, 4) is 5.75 Å². The lowest BCUT2D eigenvalue weighted by atomic mass is 10.0. The second kappa shape index (κ2) is 8.11. The minimum atomic E-state index is -1.00. The summed E-state index contributed by atoms with van der Waals surface area (Å²) in [5.74, 6) is -0.717. The maximum absolute atomic E-state index is 12.5. The molecular formula is C20H18Cl2O4. The fraction of sp³-hybridized carbons (Fsp3) is 0.300. The van der Waals surface area contributed by atoms with Gasteiger partial charge in [0.15, 0.2) is 11.5 Å². The van der Waals surface area contributed by atoms with Gasteiger partial charge in [0.05, 0.1) is 21.7 Å². The zero-order valence-electron chi connectivity index (χ0n) is 14.0. The van der Waals surface area contributed by atoms with E-state index in [2.05, 4.69) is 0 Å². The molecule has 6 heteroatoms. The molecule has 0 saturated heterocycles. The first-order chi connectivity index (χ1) is 12.4. The Morgan fingerprint density at radius 2 is 1.58 bits per heavy atom. The molecule has 2 aromatic rings. The van der Waals surface area contributed by atoms with Crippen molar-refractivity contribution in [2.24, 2.45) is 0 Å². The predicted octanol–water partition coefficient (Wildman–Crippen LogP) is 5.44. The van der Waals surface area contributed by atoms with E-state index in [0.29, 0.717) is 21.4 Å². The number of ether oxygens (including phenoxy) is 1. The zero-order valence-corrected chi connectivity index (χ0v) is 15.5. The van der Waals surface area contributed by atoms with E-state index < -0.39 is 5.97 Å². The summed E-state index contributed by atoms with van der Waals surface area (Å²) in [7, 11) is 0. The normalized spacial score (nSPS) is 14.4. The van der Waals surface area contributed by atoms with Crippen molar-refractivity contribution >= 4 is 35.0 Å². The van der Waals surface area contributed by atoms with Crippen LogP contribution in [0, 0.1) is 0 Å². The van der Waals surface area contributed by atoms with Gasteiger partial charge in [-0.05, 0) is 55.5 Å². The third-order valence-electron chi connectivity index (χ3n) is 4.47. The SMILES string of the molecule is O=C(O)c1ccc(CC(=O)c2cc(Cl)c(OC3CCCC3)c(Cl)c2)cc1. The summed E-state index contributed by atoms with van der Waals surface area (Å²) >= 11 is 12.6. The first kappa shape index (κ1) is 18.7. The molecule has 0 heterocycles. The number of ketones is 1. The van der Waals surface area contributed by atoms with Crippen LogP contribution < -0.4 is 4.74 Å². The van der Waals surface area contributed by atoms with Gasteiger partial charge in [0.2, 0.25) is 0 Å². The third kappa shape index (κ3) is 4.37. The number of hydrogen-bond acceptors (Lipinski definition) is 3. The lowest BCUT2D eigenvalue weighted by molar-refractivity contribution is 0.0696. The van der Waals surface area contributed by atoms with E-state index in [1.807, 2.05) is 0 Å². The van der Waals surface area contributed by atoms with Gasteiger partial charge in [-0.3, -0.25) is 4.79 Å². The Balaban J connectivity index is 1.73. The van der Waals surface area contributed by atoms with E-state index in [-0.39, 0.29) is 23.9 Å². The largest absolute Gasteiger partial charge is 0.487 e. The van der Waals surface area contributed by atoms with Gasteiger partial charge >= 0.3 is 5.97 Å². The first-order valence-corrected chi connectivity index (χ1v) is 9.21. The van der Waals surface area contributed by atoms with Gasteiger partial charge in [-0.15, -0.1) is 0 Å². The summed E-state index contributed by atoms with van der Waals surface area (Å²) in [6, 6.07) is 9.36. The zero-order chi connectivity index (χ0) is 18.7. The van der Waals surface area contributed by atoms with E-state index in [1.165, 1.54) is 12.1 Å². The monoisotopic (exact) mass is 392 g/mol. The average Bonchev–Trinajstić information content (AvgIpc) is 3.11. The molecule has 26 heavy (non-hydrogen) atoms. The van der Waals surface area contributed by atoms with Gasteiger partial charge in [-0.2, -0.15) is 0 Å². The number of carboxylic acids is 1. The standard InChI is InChI=1S/C20H18Cl2O4/c21-16-10-14(11-17(22)19(16)26-15-3-1-2-4-15)18(23)9-12-5-7-13(8-6-12)20(24)25/h5-8,10-11,15H,1-4,9H2,(H,24,25). The molecule has 3 rings (SSSR count). The molecule has 0 spiro atoms. The van der Waals surface area contributed by atoms with Gasteiger partial charge < -0.3 is 9.84 Å². The maximum Gasteiger partial charge on any atom is 0.335 e. The first-order valence-electron chi connectivity index (χ1n) is 8.45. The Morgan fingerprint density at radius 3 is 2.12 bits per heavy atom. The van der Waals surface area contributed by atoms with Crippen LogP contribution in [-0.2, 0) is 6.42 Å². The topological polar surface area (TPSA) is 63.6 Å². The second-order valence-electron chi connectivity index (χ2n) is 6.40. The van der Waals surface area contributed by atoms with Crippen LogP contribution in [0.4, 0.5) is 0 Å². The molecular weight excluding hydrogens is 375 g/mol. The van der Waals surface area contributed by atoms with Gasteiger partial charge in [0.25, 0.3) is 0 Å². The Bertz CT molecular complexity index is 801. The Labute approximate surface area is 161 Å². The van der Waals surface area contributed by atoms with Crippen LogP contribution in [0.2, 0.25) is 10.0 Å². The Hall–Kier alpha value is -2.04. The molecule has 0 radical (unpaired) electrons. The van der Waals surface area contributed by atoms with Crippen LogP contribution in [0.5, 0.6) is 5.75 Å². The quantitative estimate of drug-likeness (QED) is 0.664. The Morgan fingerprint density at radius 1 is 1.00 bits per heavy atom. The molecule has 4 nitrogen and oxygen atoms in total. The molecule has 0 atom stereocenters. The van der Waals surface area contributed by atoms with E-state index in [9.17, 15) is 9.59 Å². The summed E-state index contributed by atoms with van der Waals surface area (Å²) in [5, 5.41) is 9.57. The van der Waals surface area contributed by atoms with E-state index in [0.717, 1.165) is 31.2 Å². The van der Waals surface area contributed by atoms with Crippen LogP contribution in [0.15, 0.2) is 36.4 Å². The summed E-state index contributed by atoms with van der Waals surface area (Å²) in [6.45, 7) is 0. The second-order valence-corrected chi connectivity index (χ2v) is 7.21. The predicted molar refractivity (Wildman–Crippen MR) is 101 cm³/mol. The molecule has 1 fully saturated rings. The van der Waals surface area contributed by atoms with Gasteiger partial charge in [0, 0.05) is 12.0 Å². The summed E-state index contributed by atoms with van der Waals surface area (Å²) in [6.07, 6.45) is 4.50. The van der Waals surface area contributed by atoms with Gasteiger partial charge in [-0.1, -0.05) is 35.3 Å². The highest BCUT2D eigenvalue weighted by Crippen LogP contribution is 2.37. The highest BCUT2D eigenvalue weighted by molar-refractivity contribution is 6.37. The van der Waals surface area contributed by atoms with Crippen molar-refractivity contribution in [1.29, 1.82) is 0 Å². The fourth-order valence-electron chi connectivity index (χ4n) is 3.06. The van der Waals surface area contributed by atoms with Crippen LogP contribution in [0.1, 0.15) is 52.0 Å². The highest BCUT2D eigenvalue weighted by atomic mass is 35.5. The van der Waals surface area contributed by atoms with Crippen LogP contribution in [-0.4, -0.2) is 23.0 Å². The van der Waals surface area contributed by atoms with Gasteiger partial charge in [-0.25, -0.2) is 4.79 Å². The average molecular weight is 393 g/mol. The molecule has 1 aliphatic carbocycles. The molecule has 1 aliphatic rings. The molecule has 0 unspecified atom stereocenters. The van der Waals surface area contributed by atoms with Crippen molar-refractivity contribution in [2.75, 3.05) is 0 Å². The number of halogens is 2. The summed E-state index contributed by atoms with van der Waals surface area (Å²) < 4.78 is 5.89. The molecule has 2 aromatic carbocycles. The van der Waals surface area contributed by atoms with Crippen LogP contribution in [0.3, 0.4) is 0 Å². The maximum atomic E-state index is 12.5. The number of hydrogen-bond donors (Lipinski definition) is 1. The lowest BCUT2D eigenvalue weighted by Crippen LogP contribution is -2.12. The van der Waals surface area contributed by atoms with Crippen molar-refractivity contribution < 1.29 is 19.4 Å². The number of benzene rings is 2. The molecule has 0 aliphatic heterocycles. The summed E-state index contributed by atoms with van der Waals surface area (Å²) in [4.78, 5) is 23.4. The molecule has 1 N–H and O–H groups in total. The van der Waals surface area contributed by atoms with Crippen LogP contribution in [0.25, 0.3) is 0 Å². The Kier molecular flexibility index (Phi) is 5.84. The molecule has 0 bridgehead atoms. The molecule has 1 saturated carbocycles. The highest BCUT2D eigenvalue weighted by Gasteiger charge is 2.21. The smallest absolute Gasteiger partial charge is 0.335 e. The lowest BCUT2D eigenvalue weighted by Gasteiger charge is -2.16. The molecule has 0 aromatic heterocycles. The van der Waals surface area contributed by atoms with E-state index >= 15 is 0 Å². The number of carbonyl (C=O) groups excluding carboxylic acids is 1. The number of Topliss-reactive ketones (excluding diaryl/α,β-unsaturated/α-hetero) is 1. The van der Waals surface area contributed by atoms with Gasteiger partial charge in [0.1, 0.15) is 0 Å². The fourth-order valence-corrected chi connectivity index (χ4v) is 3.64. The van der Waals surface area contributed by atoms with Crippen molar-refractivity contribution in [1.82, 2.24) is 0 Å². The number of carbonyl (C=O) groups is 2. The van der Waals surface area contributed by atoms with Crippen molar-refractivity contribution in [3.05, 3.63) is 63.1 Å². The minimum Gasteiger partial charge on any atom is -0.487 e. The number of rotatable bonds is 6. The van der Waals surface area contributed by atoms with E-state index in [1.54, 1.807) is 24.3 Å². The minimum absolute atomic E-state index is 0.124.